The summed E-state index contributed by atoms with van der Waals surface area (Å²) in [6.07, 6.45) is 32.4. The van der Waals surface area contributed by atoms with E-state index in [0.717, 1.165) is 63.7 Å². The molecule has 0 amide bonds. The first-order valence-electron chi connectivity index (χ1n) is 20.4. The fourth-order valence-corrected chi connectivity index (χ4v) is 5.92. The second-order valence-electron chi connectivity index (χ2n) is 14.4. The van der Waals surface area contributed by atoms with Crippen LogP contribution in [0.15, 0.2) is 0 Å². The van der Waals surface area contributed by atoms with Crippen LogP contribution in [-0.2, 0) is 28.6 Å². The van der Waals surface area contributed by atoms with Crippen molar-refractivity contribution in [2.75, 3.05) is 13.2 Å². The first kappa shape index (κ1) is 45.4. The van der Waals surface area contributed by atoms with Gasteiger partial charge in [-0.05, 0) is 25.2 Å². The number of carbonyl (C=O) groups is 3. The lowest BCUT2D eigenvalue weighted by atomic mass is 10.0. The molecule has 0 saturated heterocycles. The van der Waals surface area contributed by atoms with Crippen LogP contribution >= 0.6 is 0 Å². The molecule has 0 rings (SSSR count). The molecule has 0 aromatic heterocycles. The van der Waals surface area contributed by atoms with Crippen LogP contribution in [0.1, 0.15) is 220 Å². The molecule has 0 aliphatic heterocycles. The first-order chi connectivity index (χ1) is 22.9. The Balaban J connectivity index is 4.34. The van der Waals surface area contributed by atoms with Gasteiger partial charge in [0.2, 0.25) is 0 Å². The maximum absolute atomic E-state index is 12.6. The van der Waals surface area contributed by atoms with E-state index in [-0.39, 0.29) is 31.1 Å². The number of ether oxygens (including phenoxy) is 3. The fraction of sp³-hybridized carbons (Fsp3) is 0.927. The Morgan fingerprint density at radius 2 is 0.702 bits per heavy atom. The number of esters is 3. The van der Waals surface area contributed by atoms with Crippen LogP contribution in [0.3, 0.4) is 0 Å². The largest absolute Gasteiger partial charge is 0.462 e. The molecule has 0 aromatic rings. The van der Waals surface area contributed by atoms with Gasteiger partial charge in [-0.15, -0.1) is 0 Å². The summed E-state index contributed by atoms with van der Waals surface area (Å²) in [5, 5.41) is 0. The molecule has 0 unspecified atom stereocenters. The van der Waals surface area contributed by atoms with Crippen molar-refractivity contribution < 1.29 is 28.6 Å². The van der Waals surface area contributed by atoms with Gasteiger partial charge < -0.3 is 14.2 Å². The van der Waals surface area contributed by atoms with Crippen LogP contribution in [0.25, 0.3) is 0 Å². The fourth-order valence-electron chi connectivity index (χ4n) is 5.92. The molecule has 0 radical (unpaired) electrons. The zero-order chi connectivity index (χ0) is 34.6. The molecule has 1 atom stereocenters. The average Bonchev–Trinajstić information content (AvgIpc) is 3.05. The molecule has 0 aliphatic carbocycles. The van der Waals surface area contributed by atoms with Crippen LogP contribution in [0.4, 0.5) is 0 Å². The summed E-state index contributed by atoms with van der Waals surface area (Å²) in [5.74, 6) is -0.0860. The van der Waals surface area contributed by atoms with E-state index in [1.54, 1.807) is 0 Å². The topological polar surface area (TPSA) is 78.9 Å². The van der Waals surface area contributed by atoms with Crippen LogP contribution in [0, 0.1) is 5.92 Å². The molecular formula is C41H78O6. The van der Waals surface area contributed by atoms with Gasteiger partial charge in [0, 0.05) is 19.3 Å². The van der Waals surface area contributed by atoms with Gasteiger partial charge >= 0.3 is 17.9 Å². The van der Waals surface area contributed by atoms with Gasteiger partial charge in [0.15, 0.2) is 6.10 Å². The van der Waals surface area contributed by atoms with Gasteiger partial charge in [0.1, 0.15) is 13.2 Å². The maximum Gasteiger partial charge on any atom is 0.306 e. The van der Waals surface area contributed by atoms with Crippen LogP contribution in [0.2, 0.25) is 0 Å². The molecule has 278 valence electrons. The van der Waals surface area contributed by atoms with E-state index in [9.17, 15) is 14.4 Å². The highest BCUT2D eigenvalue weighted by atomic mass is 16.6. The van der Waals surface area contributed by atoms with Crippen molar-refractivity contribution in [3.8, 4) is 0 Å². The Hall–Kier alpha value is -1.59. The van der Waals surface area contributed by atoms with Gasteiger partial charge in [-0.1, -0.05) is 182 Å². The van der Waals surface area contributed by atoms with Crippen molar-refractivity contribution in [3.05, 3.63) is 0 Å². The molecule has 0 fully saturated rings. The average molecular weight is 667 g/mol. The Morgan fingerprint density at radius 3 is 1.04 bits per heavy atom. The van der Waals surface area contributed by atoms with Crippen molar-refractivity contribution in [2.24, 2.45) is 5.92 Å². The maximum atomic E-state index is 12.6. The third-order valence-electron chi connectivity index (χ3n) is 9.04. The summed E-state index contributed by atoms with van der Waals surface area (Å²) in [7, 11) is 0. The Labute approximate surface area is 291 Å². The lowest BCUT2D eigenvalue weighted by molar-refractivity contribution is -0.167. The second-order valence-corrected chi connectivity index (χ2v) is 14.4. The molecule has 0 aromatic carbocycles. The molecule has 0 bridgehead atoms. The number of unbranched alkanes of at least 4 members (excludes halogenated alkanes) is 23. The molecule has 0 aliphatic rings. The molecule has 0 N–H and O–H groups in total. The van der Waals surface area contributed by atoms with E-state index in [1.807, 2.05) is 0 Å². The van der Waals surface area contributed by atoms with Gasteiger partial charge in [-0.3, -0.25) is 14.4 Å². The van der Waals surface area contributed by atoms with E-state index >= 15 is 0 Å². The van der Waals surface area contributed by atoms with Crippen molar-refractivity contribution in [1.29, 1.82) is 0 Å². The molecule has 6 nitrogen and oxygen atoms in total. The predicted octanol–water partition coefficient (Wildman–Crippen LogP) is 12.4. The van der Waals surface area contributed by atoms with Crippen molar-refractivity contribution in [2.45, 2.75) is 226 Å². The summed E-state index contributed by atoms with van der Waals surface area (Å²) in [4.78, 5) is 37.4. The van der Waals surface area contributed by atoms with E-state index in [4.69, 9.17) is 14.2 Å². The number of carbonyl (C=O) groups excluding carboxylic acids is 3. The minimum atomic E-state index is -0.757. The zero-order valence-corrected chi connectivity index (χ0v) is 31.7. The highest BCUT2D eigenvalue weighted by Crippen LogP contribution is 2.15. The third kappa shape index (κ3) is 35.5. The molecule has 6 heteroatoms. The lowest BCUT2D eigenvalue weighted by Gasteiger charge is -2.18. The van der Waals surface area contributed by atoms with E-state index in [0.29, 0.717) is 19.3 Å². The van der Waals surface area contributed by atoms with Crippen molar-refractivity contribution in [3.63, 3.8) is 0 Å². The van der Waals surface area contributed by atoms with Crippen LogP contribution in [0.5, 0.6) is 0 Å². The lowest BCUT2D eigenvalue weighted by Crippen LogP contribution is -2.30. The number of hydrogen-bond donors (Lipinski definition) is 0. The number of hydrogen-bond acceptors (Lipinski definition) is 6. The summed E-state index contributed by atoms with van der Waals surface area (Å²) in [6.45, 7) is 8.89. The highest BCUT2D eigenvalue weighted by molar-refractivity contribution is 5.71. The van der Waals surface area contributed by atoms with Crippen LogP contribution < -0.4 is 0 Å². The molecule has 0 saturated carbocycles. The molecule has 47 heavy (non-hydrogen) atoms. The smallest absolute Gasteiger partial charge is 0.306 e. The van der Waals surface area contributed by atoms with E-state index in [2.05, 4.69) is 27.7 Å². The minimum Gasteiger partial charge on any atom is -0.462 e. The van der Waals surface area contributed by atoms with Gasteiger partial charge in [0.05, 0.1) is 0 Å². The zero-order valence-electron chi connectivity index (χ0n) is 31.7. The van der Waals surface area contributed by atoms with Gasteiger partial charge in [-0.2, -0.15) is 0 Å². The molecular weight excluding hydrogens is 588 g/mol. The second kappa shape index (κ2) is 35.7. The summed E-state index contributed by atoms with van der Waals surface area (Å²) in [6, 6.07) is 0. The summed E-state index contributed by atoms with van der Waals surface area (Å²) in [5.41, 5.74) is 0. The third-order valence-corrected chi connectivity index (χ3v) is 9.04. The van der Waals surface area contributed by atoms with Gasteiger partial charge in [-0.25, -0.2) is 0 Å². The van der Waals surface area contributed by atoms with Crippen molar-refractivity contribution in [1.82, 2.24) is 0 Å². The Morgan fingerprint density at radius 1 is 0.404 bits per heavy atom. The standard InChI is InChI=1S/C41H78O6/c1-5-7-9-11-13-15-17-20-24-28-32-39(42)45-35-38(47-41(44)34-30-26-21-16-14-12-10-8-6-2)36-46-40(43)33-29-25-22-18-19-23-27-31-37(3)4/h37-38H,5-36H2,1-4H3/t38-/m1/s1. The van der Waals surface area contributed by atoms with Crippen molar-refractivity contribution >= 4 is 17.9 Å². The minimum absolute atomic E-state index is 0.0653. The van der Waals surface area contributed by atoms with Gasteiger partial charge in [0.25, 0.3) is 0 Å². The monoisotopic (exact) mass is 667 g/mol. The summed E-state index contributed by atoms with van der Waals surface area (Å²) < 4.78 is 16.6. The first-order valence-corrected chi connectivity index (χ1v) is 20.4. The summed E-state index contributed by atoms with van der Waals surface area (Å²) >= 11 is 0. The van der Waals surface area contributed by atoms with E-state index in [1.165, 1.54) is 116 Å². The molecule has 0 heterocycles. The van der Waals surface area contributed by atoms with Crippen LogP contribution in [-0.4, -0.2) is 37.2 Å². The number of rotatable bonds is 36. The molecule has 0 spiro atoms. The SMILES string of the molecule is CCCCCCCCCCCCC(=O)OC[C@H](COC(=O)CCCCCCCCCC(C)C)OC(=O)CCCCCCCCCCC. The Kier molecular flexibility index (Phi) is 34.5. The quantitative estimate of drug-likeness (QED) is 0.0376. The predicted molar refractivity (Wildman–Crippen MR) is 196 cm³/mol. The van der Waals surface area contributed by atoms with E-state index < -0.39 is 6.10 Å². The Bertz CT molecular complexity index is 706. The highest BCUT2D eigenvalue weighted by Gasteiger charge is 2.19. The normalized spacial score (nSPS) is 11.9.